The molecule has 1 fully saturated rings. The summed E-state index contributed by atoms with van der Waals surface area (Å²) in [6.07, 6.45) is 1.27. The van der Waals surface area contributed by atoms with Gasteiger partial charge in [0.1, 0.15) is 18.1 Å². The number of aryl methyl sites for hydroxylation is 2. The second kappa shape index (κ2) is 7.03. The van der Waals surface area contributed by atoms with Crippen LogP contribution in [0.3, 0.4) is 0 Å². The van der Waals surface area contributed by atoms with E-state index in [1.807, 2.05) is 24.3 Å². The minimum absolute atomic E-state index is 0.233. The fourth-order valence-corrected chi connectivity index (χ4v) is 3.27. The maximum absolute atomic E-state index is 12.3. The number of aromatic nitrogens is 2. The predicted octanol–water partition coefficient (Wildman–Crippen LogP) is 1.42. The number of hydrogen-bond donors (Lipinski definition) is 2. The molecule has 0 amide bonds. The van der Waals surface area contributed by atoms with E-state index in [0.29, 0.717) is 17.5 Å². The number of rotatable bonds is 5. The Morgan fingerprint density at radius 1 is 1.23 bits per heavy atom. The Labute approximate surface area is 149 Å². The van der Waals surface area contributed by atoms with Crippen LogP contribution < -0.4 is 5.69 Å². The monoisotopic (exact) mass is 356 g/mol. The summed E-state index contributed by atoms with van der Waals surface area (Å²) in [7, 11) is 0. The molecule has 0 radical (unpaired) electrons. The molecule has 2 aromatic heterocycles. The van der Waals surface area contributed by atoms with Gasteiger partial charge < -0.3 is 19.4 Å². The van der Waals surface area contributed by atoms with Gasteiger partial charge in [0, 0.05) is 19.0 Å². The molecule has 1 saturated heterocycles. The van der Waals surface area contributed by atoms with Crippen molar-refractivity contribution in [3.05, 3.63) is 64.4 Å². The summed E-state index contributed by atoms with van der Waals surface area (Å²) in [4.78, 5) is 16.3. The van der Waals surface area contributed by atoms with Crippen molar-refractivity contribution in [1.29, 1.82) is 0 Å². The number of furan rings is 1. The lowest BCUT2D eigenvalue weighted by molar-refractivity contribution is -0.0457. The van der Waals surface area contributed by atoms with E-state index < -0.39 is 24.1 Å². The van der Waals surface area contributed by atoms with Crippen LogP contribution in [-0.2, 0) is 17.6 Å². The minimum atomic E-state index is -0.807. The summed E-state index contributed by atoms with van der Waals surface area (Å²) < 4.78 is 12.6. The van der Waals surface area contributed by atoms with E-state index in [0.717, 1.165) is 12.2 Å². The molecule has 3 heterocycles. The zero-order valence-corrected chi connectivity index (χ0v) is 14.1. The fourth-order valence-electron chi connectivity index (χ4n) is 3.27. The van der Waals surface area contributed by atoms with Crippen LogP contribution in [0.4, 0.5) is 0 Å². The van der Waals surface area contributed by atoms with Gasteiger partial charge in [0.15, 0.2) is 0 Å². The number of benzene rings is 1. The number of aliphatic hydroxyl groups excluding tert-OH is 2. The summed E-state index contributed by atoms with van der Waals surface area (Å²) in [5, 5.41) is 19.8. The average Bonchev–Trinajstić information content (AvgIpc) is 3.22. The standard InChI is InChI=1S/C19H20N2O5/c22-11-16-15(23)9-17(26-16)21-10-13-8-14(25-18(13)20-19(21)24)7-6-12-4-2-1-3-5-12/h1-5,8,10,15-17,22-23H,6-7,9,11H2/t15-,16+,17+/m0/s1. The van der Waals surface area contributed by atoms with Crippen LogP contribution in [-0.4, -0.2) is 38.6 Å². The van der Waals surface area contributed by atoms with E-state index in [1.54, 1.807) is 6.20 Å². The molecule has 0 saturated carbocycles. The van der Waals surface area contributed by atoms with Crippen LogP contribution in [0.15, 0.2) is 51.8 Å². The van der Waals surface area contributed by atoms with E-state index in [-0.39, 0.29) is 13.0 Å². The Kier molecular flexibility index (Phi) is 4.58. The number of hydrogen-bond acceptors (Lipinski definition) is 6. The molecule has 0 bridgehead atoms. The Bertz CT molecular complexity index is 949. The average molecular weight is 356 g/mol. The second-order valence-electron chi connectivity index (χ2n) is 6.50. The highest BCUT2D eigenvalue weighted by atomic mass is 16.5. The van der Waals surface area contributed by atoms with Gasteiger partial charge in [0.05, 0.1) is 18.1 Å². The van der Waals surface area contributed by atoms with Crippen LogP contribution in [0, 0.1) is 0 Å². The number of aliphatic hydroxyl groups is 2. The molecule has 7 nitrogen and oxygen atoms in total. The van der Waals surface area contributed by atoms with E-state index in [1.165, 1.54) is 10.1 Å². The third-order valence-electron chi connectivity index (χ3n) is 4.68. The largest absolute Gasteiger partial charge is 0.443 e. The molecule has 2 N–H and O–H groups in total. The summed E-state index contributed by atoms with van der Waals surface area (Å²) in [5.41, 5.74) is 1.01. The highest BCUT2D eigenvalue weighted by Crippen LogP contribution is 2.28. The van der Waals surface area contributed by atoms with Gasteiger partial charge in [-0.15, -0.1) is 0 Å². The van der Waals surface area contributed by atoms with Crippen molar-refractivity contribution in [2.45, 2.75) is 37.7 Å². The van der Waals surface area contributed by atoms with Gasteiger partial charge >= 0.3 is 5.69 Å². The summed E-state index contributed by atoms with van der Waals surface area (Å²) in [6, 6.07) is 12.0. The summed E-state index contributed by atoms with van der Waals surface area (Å²) >= 11 is 0. The quantitative estimate of drug-likeness (QED) is 0.717. The van der Waals surface area contributed by atoms with E-state index in [9.17, 15) is 15.0 Å². The lowest BCUT2D eigenvalue weighted by atomic mass is 10.1. The molecule has 0 unspecified atom stereocenters. The third-order valence-corrected chi connectivity index (χ3v) is 4.68. The maximum Gasteiger partial charge on any atom is 0.353 e. The first-order valence-corrected chi connectivity index (χ1v) is 8.64. The number of nitrogens with zero attached hydrogens (tertiary/aromatic N) is 2. The number of fused-ring (bicyclic) bond motifs is 1. The SMILES string of the molecule is O=c1nc2oc(CCc3ccccc3)cc2cn1[C@H]1C[C@H](O)[C@@H](CO)O1. The normalized spacial score (nSPS) is 22.9. The summed E-state index contributed by atoms with van der Waals surface area (Å²) in [5.74, 6) is 0.758. The first-order valence-electron chi connectivity index (χ1n) is 8.64. The zero-order chi connectivity index (χ0) is 18.1. The van der Waals surface area contributed by atoms with Gasteiger partial charge in [0.2, 0.25) is 5.71 Å². The van der Waals surface area contributed by atoms with E-state index in [2.05, 4.69) is 17.1 Å². The topological polar surface area (TPSA) is 97.7 Å². The Morgan fingerprint density at radius 2 is 2.04 bits per heavy atom. The lowest BCUT2D eigenvalue weighted by Crippen LogP contribution is -2.27. The van der Waals surface area contributed by atoms with Gasteiger partial charge in [-0.1, -0.05) is 30.3 Å². The highest BCUT2D eigenvalue weighted by molar-refractivity contribution is 5.72. The molecule has 0 aliphatic carbocycles. The molecule has 0 spiro atoms. The Morgan fingerprint density at radius 3 is 2.77 bits per heavy atom. The molecule has 1 aliphatic heterocycles. The van der Waals surface area contributed by atoms with Gasteiger partial charge in [-0.3, -0.25) is 4.57 Å². The van der Waals surface area contributed by atoms with Crippen molar-refractivity contribution >= 4 is 11.1 Å². The van der Waals surface area contributed by atoms with Gasteiger partial charge in [0.25, 0.3) is 0 Å². The molecule has 4 rings (SSSR count). The summed E-state index contributed by atoms with van der Waals surface area (Å²) in [6.45, 7) is -0.294. The number of ether oxygens (including phenoxy) is 1. The van der Waals surface area contributed by atoms with Crippen LogP contribution in [0.1, 0.15) is 24.0 Å². The van der Waals surface area contributed by atoms with Crippen molar-refractivity contribution < 1.29 is 19.4 Å². The van der Waals surface area contributed by atoms with Crippen LogP contribution >= 0.6 is 0 Å². The molecule has 1 aliphatic rings. The van der Waals surface area contributed by atoms with Crippen LogP contribution in [0.2, 0.25) is 0 Å². The predicted molar refractivity (Wildman–Crippen MR) is 93.7 cm³/mol. The third kappa shape index (κ3) is 3.29. The van der Waals surface area contributed by atoms with Crippen molar-refractivity contribution in [2.75, 3.05) is 6.61 Å². The van der Waals surface area contributed by atoms with E-state index in [4.69, 9.17) is 9.15 Å². The molecule has 136 valence electrons. The molecular formula is C19H20N2O5. The molecule has 3 aromatic rings. The van der Waals surface area contributed by atoms with E-state index >= 15 is 0 Å². The molecule has 26 heavy (non-hydrogen) atoms. The van der Waals surface area contributed by atoms with Crippen molar-refractivity contribution in [1.82, 2.24) is 9.55 Å². The van der Waals surface area contributed by atoms with Gasteiger partial charge in [-0.25, -0.2) is 4.79 Å². The van der Waals surface area contributed by atoms with Gasteiger partial charge in [-0.05, 0) is 18.1 Å². The fraction of sp³-hybridized carbons (Fsp3) is 0.368. The molecule has 3 atom stereocenters. The second-order valence-corrected chi connectivity index (χ2v) is 6.50. The first-order chi connectivity index (χ1) is 12.6. The van der Waals surface area contributed by atoms with Crippen LogP contribution in [0.25, 0.3) is 11.1 Å². The maximum atomic E-state index is 12.3. The van der Waals surface area contributed by atoms with Crippen molar-refractivity contribution in [3.63, 3.8) is 0 Å². The highest BCUT2D eigenvalue weighted by Gasteiger charge is 2.35. The van der Waals surface area contributed by atoms with Gasteiger partial charge in [-0.2, -0.15) is 4.98 Å². The first kappa shape index (κ1) is 17.0. The zero-order valence-electron chi connectivity index (χ0n) is 14.1. The lowest BCUT2D eigenvalue weighted by Gasteiger charge is -2.13. The minimum Gasteiger partial charge on any atom is -0.443 e. The molecule has 1 aromatic carbocycles. The Balaban J connectivity index is 1.56. The smallest absolute Gasteiger partial charge is 0.353 e. The van der Waals surface area contributed by atoms with Crippen LogP contribution in [0.5, 0.6) is 0 Å². The van der Waals surface area contributed by atoms with Crippen molar-refractivity contribution in [2.24, 2.45) is 0 Å². The molecular weight excluding hydrogens is 336 g/mol. The Hall–Kier alpha value is -2.48. The molecule has 7 heteroatoms. The van der Waals surface area contributed by atoms with Crippen molar-refractivity contribution in [3.8, 4) is 0 Å².